The van der Waals surface area contributed by atoms with E-state index in [1.807, 2.05) is 31.2 Å². The van der Waals surface area contributed by atoms with E-state index in [1.54, 1.807) is 30.2 Å². The molecule has 7 heteroatoms. The van der Waals surface area contributed by atoms with Gasteiger partial charge in [-0.05, 0) is 51.0 Å². The van der Waals surface area contributed by atoms with Crippen molar-refractivity contribution in [1.29, 1.82) is 0 Å². The Morgan fingerprint density at radius 1 is 1.18 bits per heavy atom. The number of nitrogens with one attached hydrogen (secondary N) is 2. The standard InChI is InChI=1S/C21H26N4O3/c1-3-28-21(27)25-12-9-18(10-13-25)24-20(26)16-8-11-22-19(14-16)23-17-6-4-15(2)5-7-17/h4-8,11,14,18H,3,9-10,12-13H2,1-2H3,(H,22,23)(H,24,26). The fraction of sp³-hybridized carbons (Fsp3) is 0.381. The quantitative estimate of drug-likeness (QED) is 0.827. The molecule has 7 nitrogen and oxygen atoms in total. The van der Waals surface area contributed by atoms with Gasteiger partial charge in [0.1, 0.15) is 5.82 Å². The number of ether oxygens (including phenoxy) is 1. The SMILES string of the molecule is CCOC(=O)N1CCC(NC(=O)c2ccnc(Nc3ccc(C)cc3)c2)CC1. The lowest BCUT2D eigenvalue weighted by molar-refractivity contribution is 0.0860. The van der Waals surface area contributed by atoms with E-state index in [0.717, 1.165) is 5.69 Å². The van der Waals surface area contributed by atoms with E-state index in [-0.39, 0.29) is 18.0 Å². The monoisotopic (exact) mass is 382 g/mol. The van der Waals surface area contributed by atoms with Gasteiger partial charge in [-0.15, -0.1) is 0 Å². The molecule has 3 rings (SSSR count). The lowest BCUT2D eigenvalue weighted by Crippen LogP contribution is -2.46. The molecule has 0 saturated carbocycles. The summed E-state index contributed by atoms with van der Waals surface area (Å²) in [5.74, 6) is 0.484. The Balaban J connectivity index is 1.55. The number of aromatic nitrogens is 1. The van der Waals surface area contributed by atoms with Crippen LogP contribution in [0.4, 0.5) is 16.3 Å². The Kier molecular flexibility index (Phi) is 6.47. The van der Waals surface area contributed by atoms with Gasteiger partial charge in [0.25, 0.3) is 5.91 Å². The first kappa shape index (κ1) is 19.7. The Labute approximate surface area is 165 Å². The van der Waals surface area contributed by atoms with Gasteiger partial charge in [-0.25, -0.2) is 9.78 Å². The van der Waals surface area contributed by atoms with Gasteiger partial charge >= 0.3 is 6.09 Å². The number of pyridine rings is 1. The summed E-state index contributed by atoms with van der Waals surface area (Å²) >= 11 is 0. The Hall–Kier alpha value is -3.09. The van der Waals surface area contributed by atoms with Crippen LogP contribution in [0.15, 0.2) is 42.6 Å². The maximum Gasteiger partial charge on any atom is 0.409 e. The number of hydrogen-bond acceptors (Lipinski definition) is 5. The second-order valence-electron chi connectivity index (χ2n) is 6.85. The number of likely N-dealkylation sites (tertiary alicyclic amines) is 1. The molecule has 0 radical (unpaired) electrons. The minimum absolute atomic E-state index is 0.0415. The molecule has 0 bridgehead atoms. The third-order valence-electron chi connectivity index (χ3n) is 4.70. The highest BCUT2D eigenvalue weighted by Gasteiger charge is 2.24. The van der Waals surface area contributed by atoms with Crippen molar-refractivity contribution in [1.82, 2.24) is 15.2 Å². The van der Waals surface area contributed by atoms with Crippen molar-refractivity contribution in [3.63, 3.8) is 0 Å². The van der Waals surface area contributed by atoms with Gasteiger partial charge in [0.2, 0.25) is 0 Å². The van der Waals surface area contributed by atoms with Gasteiger partial charge in [-0.1, -0.05) is 17.7 Å². The number of amides is 2. The first-order valence-electron chi connectivity index (χ1n) is 9.57. The molecule has 2 aromatic rings. The number of rotatable bonds is 5. The topological polar surface area (TPSA) is 83.6 Å². The Morgan fingerprint density at radius 2 is 1.89 bits per heavy atom. The highest BCUT2D eigenvalue weighted by molar-refractivity contribution is 5.95. The van der Waals surface area contributed by atoms with Crippen molar-refractivity contribution in [2.45, 2.75) is 32.7 Å². The number of anilines is 2. The third-order valence-corrected chi connectivity index (χ3v) is 4.70. The van der Waals surface area contributed by atoms with Gasteiger partial charge in [-0.3, -0.25) is 4.79 Å². The third kappa shape index (κ3) is 5.22. The van der Waals surface area contributed by atoms with Crippen LogP contribution in [0.3, 0.4) is 0 Å². The predicted molar refractivity (Wildman–Crippen MR) is 108 cm³/mol. The fourth-order valence-electron chi connectivity index (χ4n) is 3.11. The van der Waals surface area contributed by atoms with Crippen LogP contribution in [-0.2, 0) is 4.74 Å². The molecule has 1 aromatic heterocycles. The number of carbonyl (C=O) groups is 2. The lowest BCUT2D eigenvalue weighted by Gasteiger charge is -2.31. The molecular weight excluding hydrogens is 356 g/mol. The summed E-state index contributed by atoms with van der Waals surface area (Å²) in [5.41, 5.74) is 2.65. The van der Waals surface area contributed by atoms with Crippen LogP contribution in [0.1, 0.15) is 35.7 Å². The van der Waals surface area contributed by atoms with E-state index in [9.17, 15) is 9.59 Å². The molecule has 0 atom stereocenters. The predicted octanol–water partition coefficient (Wildman–Crippen LogP) is 3.48. The summed E-state index contributed by atoms with van der Waals surface area (Å²) in [4.78, 5) is 30.3. The van der Waals surface area contributed by atoms with Crippen molar-refractivity contribution in [3.05, 3.63) is 53.7 Å². The van der Waals surface area contributed by atoms with Crippen LogP contribution in [0.25, 0.3) is 0 Å². The van der Waals surface area contributed by atoms with Gasteiger partial charge in [-0.2, -0.15) is 0 Å². The van der Waals surface area contributed by atoms with Gasteiger partial charge in [0.15, 0.2) is 0 Å². The normalized spacial score (nSPS) is 14.4. The molecule has 2 amide bonds. The highest BCUT2D eigenvalue weighted by Crippen LogP contribution is 2.17. The number of carbonyl (C=O) groups excluding carboxylic acids is 2. The van der Waals surface area contributed by atoms with Crippen molar-refractivity contribution < 1.29 is 14.3 Å². The van der Waals surface area contributed by atoms with E-state index < -0.39 is 0 Å². The van der Waals surface area contributed by atoms with Crippen LogP contribution in [-0.4, -0.2) is 47.6 Å². The molecular formula is C21H26N4O3. The van der Waals surface area contributed by atoms with E-state index in [4.69, 9.17) is 4.74 Å². The first-order chi connectivity index (χ1) is 13.5. The summed E-state index contributed by atoms with van der Waals surface area (Å²) in [6, 6.07) is 11.5. The molecule has 28 heavy (non-hydrogen) atoms. The fourth-order valence-corrected chi connectivity index (χ4v) is 3.11. The maximum absolute atomic E-state index is 12.6. The van der Waals surface area contributed by atoms with E-state index in [0.29, 0.717) is 43.9 Å². The minimum atomic E-state index is -0.284. The van der Waals surface area contributed by atoms with Gasteiger partial charge < -0.3 is 20.3 Å². The van der Waals surface area contributed by atoms with E-state index >= 15 is 0 Å². The number of hydrogen-bond donors (Lipinski definition) is 2. The molecule has 1 aliphatic rings. The second-order valence-corrected chi connectivity index (χ2v) is 6.85. The zero-order valence-electron chi connectivity index (χ0n) is 16.3. The number of piperidine rings is 1. The Morgan fingerprint density at radius 3 is 2.57 bits per heavy atom. The smallest absolute Gasteiger partial charge is 0.409 e. The summed E-state index contributed by atoms with van der Waals surface area (Å²) in [6.07, 6.45) is 2.76. The molecule has 0 aliphatic carbocycles. The highest BCUT2D eigenvalue weighted by atomic mass is 16.6. The molecule has 2 heterocycles. The number of benzene rings is 1. The molecule has 1 fully saturated rings. The van der Waals surface area contributed by atoms with Crippen LogP contribution in [0.2, 0.25) is 0 Å². The Bertz CT molecular complexity index is 815. The maximum atomic E-state index is 12.6. The van der Waals surface area contributed by atoms with E-state index in [2.05, 4.69) is 15.6 Å². The largest absolute Gasteiger partial charge is 0.450 e. The van der Waals surface area contributed by atoms with Gasteiger partial charge in [0, 0.05) is 36.6 Å². The molecule has 1 aliphatic heterocycles. The van der Waals surface area contributed by atoms with E-state index in [1.165, 1.54) is 5.56 Å². The summed E-state index contributed by atoms with van der Waals surface area (Å²) in [5, 5.41) is 6.26. The molecule has 1 saturated heterocycles. The lowest BCUT2D eigenvalue weighted by atomic mass is 10.0. The van der Waals surface area contributed by atoms with Crippen LogP contribution in [0.5, 0.6) is 0 Å². The minimum Gasteiger partial charge on any atom is -0.450 e. The summed E-state index contributed by atoms with van der Waals surface area (Å²) in [7, 11) is 0. The molecule has 0 spiro atoms. The van der Waals surface area contributed by atoms with Gasteiger partial charge in [0.05, 0.1) is 6.61 Å². The number of aryl methyl sites for hydroxylation is 1. The van der Waals surface area contributed by atoms with Crippen LogP contribution < -0.4 is 10.6 Å². The first-order valence-corrected chi connectivity index (χ1v) is 9.57. The number of nitrogens with zero attached hydrogens (tertiary/aromatic N) is 2. The molecule has 1 aromatic carbocycles. The van der Waals surface area contributed by atoms with Crippen LogP contribution in [0, 0.1) is 6.92 Å². The average Bonchev–Trinajstić information content (AvgIpc) is 2.71. The zero-order chi connectivity index (χ0) is 19.9. The second kappa shape index (κ2) is 9.21. The van der Waals surface area contributed by atoms with Crippen molar-refractivity contribution in [2.24, 2.45) is 0 Å². The van der Waals surface area contributed by atoms with Crippen molar-refractivity contribution >= 4 is 23.5 Å². The summed E-state index contributed by atoms with van der Waals surface area (Å²) in [6.45, 7) is 5.36. The van der Waals surface area contributed by atoms with Crippen LogP contribution >= 0.6 is 0 Å². The molecule has 0 unspecified atom stereocenters. The summed E-state index contributed by atoms with van der Waals surface area (Å²) < 4.78 is 5.02. The van der Waals surface area contributed by atoms with Crippen molar-refractivity contribution in [2.75, 3.05) is 25.0 Å². The molecule has 2 N–H and O–H groups in total. The molecule has 148 valence electrons. The zero-order valence-corrected chi connectivity index (χ0v) is 16.3. The average molecular weight is 382 g/mol. The van der Waals surface area contributed by atoms with Crippen molar-refractivity contribution in [3.8, 4) is 0 Å².